The number of aliphatic hydroxyl groups is 3. The van der Waals surface area contributed by atoms with Crippen molar-refractivity contribution in [3.63, 3.8) is 0 Å². The maximum Gasteiger partial charge on any atom is 0.508 e. The van der Waals surface area contributed by atoms with Gasteiger partial charge in [0.2, 0.25) is 6.29 Å². The monoisotopic (exact) mass is 442 g/mol. The molecule has 11 nitrogen and oxygen atoms in total. The Bertz CT molecular complexity index is 846. The standard InChI is InChI=1S/C18H23N2O9P/c19-28-30(24,29-20)27-17-16(23)15(22)14(10-21)26-18(17)25-13-8-6-12(7-9-13)11-4-2-1-3-5-11/h1-9,14-18,21-23H,10,19-20H2/t14-,15-,16+,17+,18+/m1/s1. The van der Waals surface area contributed by atoms with Gasteiger partial charge in [0.25, 0.3) is 0 Å². The molecule has 7 N–H and O–H groups in total. The molecule has 2 aromatic rings. The third-order valence-corrected chi connectivity index (χ3v) is 5.57. The van der Waals surface area contributed by atoms with Crippen molar-refractivity contribution in [2.75, 3.05) is 6.61 Å². The lowest BCUT2D eigenvalue weighted by atomic mass is 9.99. The highest BCUT2D eigenvalue weighted by Gasteiger charge is 2.50. The summed E-state index contributed by atoms with van der Waals surface area (Å²) in [5, 5.41) is 29.9. The van der Waals surface area contributed by atoms with Gasteiger partial charge in [-0.25, -0.2) is 16.4 Å². The maximum absolute atomic E-state index is 12.2. The molecule has 30 heavy (non-hydrogen) atoms. The van der Waals surface area contributed by atoms with Crippen LogP contribution < -0.4 is 16.5 Å². The van der Waals surface area contributed by atoms with E-state index in [1.807, 2.05) is 30.3 Å². The molecule has 12 heteroatoms. The Labute approximate surface area is 172 Å². The van der Waals surface area contributed by atoms with Gasteiger partial charge < -0.3 is 24.8 Å². The van der Waals surface area contributed by atoms with Crippen molar-refractivity contribution in [2.24, 2.45) is 11.8 Å². The van der Waals surface area contributed by atoms with Crippen LogP contribution in [0.25, 0.3) is 11.1 Å². The van der Waals surface area contributed by atoms with Gasteiger partial charge in [-0.15, -0.1) is 0 Å². The highest BCUT2D eigenvalue weighted by molar-refractivity contribution is 7.48. The van der Waals surface area contributed by atoms with Crippen molar-refractivity contribution in [1.82, 2.24) is 0 Å². The summed E-state index contributed by atoms with van der Waals surface area (Å²) >= 11 is 0. The van der Waals surface area contributed by atoms with Crippen LogP contribution in [0, 0.1) is 0 Å². The van der Waals surface area contributed by atoms with Crippen molar-refractivity contribution in [3.05, 3.63) is 54.6 Å². The summed E-state index contributed by atoms with van der Waals surface area (Å²) in [5.41, 5.74) is 1.93. The molecule has 164 valence electrons. The summed E-state index contributed by atoms with van der Waals surface area (Å²) in [6, 6.07) is 16.5. The molecule has 1 aliphatic rings. The van der Waals surface area contributed by atoms with Crippen LogP contribution in [0.4, 0.5) is 0 Å². The fraction of sp³-hybridized carbons (Fsp3) is 0.333. The van der Waals surface area contributed by atoms with E-state index in [0.29, 0.717) is 5.75 Å². The number of benzene rings is 2. The van der Waals surface area contributed by atoms with Crippen molar-refractivity contribution < 1.29 is 43.1 Å². The molecule has 0 saturated carbocycles. The van der Waals surface area contributed by atoms with E-state index < -0.39 is 45.1 Å². The Balaban J connectivity index is 1.81. The van der Waals surface area contributed by atoms with Crippen LogP contribution in [-0.2, 0) is 23.1 Å². The van der Waals surface area contributed by atoms with Gasteiger partial charge in [-0.1, -0.05) is 42.5 Å². The maximum atomic E-state index is 12.2. The number of hydrogen-bond acceptors (Lipinski definition) is 11. The van der Waals surface area contributed by atoms with Crippen LogP contribution in [0.1, 0.15) is 0 Å². The first-order chi connectivity index (χ1) is 14.4. The zero-order chi connectivity index (χ0) is 21.7. The Morgan fingerprint density at radius 2 is 1.53 bits per heavy atom. The predicted octanol–water partition coefficient (Wildman–Crippen LogP) is 0.445. The Morgan fingerprint density at radius 3 is 2.10 bits per heavy atom. The minimum absolute atomic E-state index is 0.311. The summed E-state index contributed by atoms with van der Waals surface area (Å²) in [6.45, 7) is -0.615. The lowest BCUT2D eigenvalue weighted by Crippen LogP contribution is -2.60. The van der Waals surface area contributed by atoms with E-state index in [2.05, 4.69) is 9.25 Å². The molecule has 1 saturated heterocycles. The van der Waals surface area contributed by atoms with E-state index in [-0.39, 0.29) is 0 Å². The molecule has 3 rings (SSSR count). The predicted molar refractivity (Wildman–Crippen MR) is 103 cm³/mol. The van der Waals surface area contributed by atoms with Gasteiger partial charge in [0.1, 0.15) is 24.1 Å². The fourth-order valence-electron chi connectivity index (χ4n) is 2.98. The molecule has 1 aliphatic heterocycles. The highest BCUT2D eigenvalue weighted by atomic mass is 31.2. The average molecular weight is 442 g/mol. The first-order valence-electron chi connectivity index (χ1n) is 8.90. The molecular weight excluding hydrogens is 419 g/mol. The van der Waals surface area contributed by atoms with Gasteiger partial charge in [-0.3, -0.25) is 4.52 Å². The van der Waals surface area contributed by atoms with Crippen LogP contribution in [0.5, 0.6) is 5.75 Å². The van der Waals surface area contributed by atoms with Gasteiger partial charge in [0.15, 0.2) is 6.10 Å². The number of rotatable bonds is 8. The topological polar surface area (TPSA) is 176 Å². The second-order valence-corrected chi connectivity index (χ2v) is 7.97. The van der Waals surface area contributed by atoms with Gasteiger partial charge in [0.05, 0.1) is 6.61 Å². The molecule has 1 fully saturated rings. The number of nitrogens with two attached hydrogens (primary N) is 2. The average Bonchev–Trinajstić information content (AvgIpc) is 2.79. The van der Waals surface area contributed by atoms with Gasteiger partial charge in [0, 0.05) is 0 Å². The molecule has 0 radical (unpaired) electrons. The van der Waals surface area contributed by atoms with Gasteiger partial charge in [-0.05, 0) is 23.3 Å². The molecule has 0 spiro atoms. The largest absolute Gasteiger partial charge is 0.508 e. The van der Waals surface area contributed by atoms with E-state index in [0.717, 1.165) is 11.1 Å². The first-order valence-corrected chi connectivity index (χ1v) is 10.4. The summed E-state index contributed by atoms with van der Waals surface area (Å²) in [7, 11) is -4.47. The Hall–Kier alpha value is -1.89. The minimum atomic E-state index is -4.47. The molecule has 1 heterocycles. The number of aliphatic hydroxyl groups excluding tert-OH is 3. The highest BCUT2D eigenvalue weighted by Crippen LogP contribution is 2.49. The number of ether oxygens (including phenoxy) is 2. The van der Waals surface area contributed by atoms with Crippen molar-refractivity contribution in [1.29, 1.82) is 0 Å². The van der Waals surface area contributed by atoms with Crippen molar-refractivity contribution >= 4 is 7.82 Å². The summed E-state index contributed by atoms with van der Waals surface area (Å²) in [5.74, 6) is 10.1. The van der Waals surface area contributed by atoms with Crippen molar-refractivity contribution in [3.8, 4) is 16.9 Å². The Morgan fingerprint density at radius 1 is 0.933 bits per heavy atom. The van der Waals surface area contributed by atoms with E-state index in [1.165, 1.54) is 0 Å². The lowest BCUT2D eigenvalue weighted by molar-refractivity contribution is -0.274. The van der Waals surface area contributed by atoms with E-state index in [4.69, 9.17) is 25.8 Å². The quantitative estimate of drug-likeness (QED) is 0.283. The zero-order valence-corrected chi connectivity index (χ0v) is 16.6. The molecule has 2 aromatic carbocycles. The SMILES string of the molecule is NOP(=O)(ON)O[C@@H]1[C@@H](Oc2ccc(-c3ccccc3)cc2)O[C@H](CO)[C@@H](O)[C@@H]1O. The summed E-state index contributed by atoms with van der Waals surface area (Å²) in [4.78, 5) is 0. The zero-order valence-electron chi connectivity index (χ0n) is 15.7. The molecule has 0 bridgehead atoms. The lowest BCUT2D eigenvalue weighted by Gasteiger charge is -2.41. The summed E-state index contributed by atoms with van der Waals surface area (Å²) in [6.07, 6.45) is -7.45. The van der Waals surface area contributed by atoms with E-state index in [1.54, 1.807) is 24.3 Å². The second-order valence-electron chi connectivity index (χ2n) is 6.44. The van der Waals surface area contributed by atoms with Crippen LogP contribution >= 0.6 is 7.82 Å². The van der Waals surface area contributed by atoms with Crippen LogP contribution in [-0.4, -0.2) is 52.6 Å². The smallest absolute Gasteiger partial charge is 0.462 e. The fourth-order valence-corrected chi connectivity index (χ4v) is 3.65. The first kappa shape index (κ1) is 22.8. The molecule has 0 aliphatic carbocycles. The third kappa shape index (κ3) is 5.05. The molecule has 0 amide bonds. The van der Waals surface area contributed by atoms with Gasteiger partial charge in [-0.2, -0.15) is 9.25 Å². The van der Waals surface area contributed by atoms with Crippen LogP contribution in [0.15, 0.2) is 54.6 Å². The van der Waals surface area contributed by atoms with Crippen molar-refractivity contribution in [2.45, 2.75) is 30.7 Å². The second kappa shape index (κ2) is 9.94. The molecule has 0 unspecified atom stereocenters. The number of hydrogen-bond donors (Lipinski definition) is 5. The molecule has 5 atom stereocenters. The van der Waals surface area contributed by atoms with E-state index in [9.17, 15) is 19.9 Å². The third-order valence-electron chi connectivity index (χ3n) is 4.55. The van der Waals surface area contributed by atoms with E-state index >= 15 is 0 Å². The van der Waals surface area contributed by atoms with Gasteiger partial charge >= 0.3 is 7.82 Å². The van der Waals surface area contributed by atoms with Crippen LogP contribution in [0.2, 0.25) is 0 Å². The number of phosphoric acid groups is 1. The van der Waals surface area contributed by atoms with Crippen LogP contribution in [0.3, 0.4) is 0 Å². The normalized spacial score (nSPS) is 27.0. The summed E-state index contributed by atoms with van der Waals surface area (Å²) < 4.78 is 36.6. The molecule has 0 aromatic heterocycles. The minimum Gasteiger partial charge on any atom is -0.462 e. The molecular formula is C18H23N2O9P. The Kier molecular flexibility index (Phi) is 7.55.